The molecule has 5 unspecified atom stereocenters. The number of aromatic nitrogens is 1. The maximum atomic E-state index is 12.4. The first kappa shape index (κ1) is 20.8. The second kappa shape index (κ2) is 7.20. The summed E-state index contributed by atoms with van der Waals surface area (Å²) >= 11 is 6.13. The standard InChI is InChI=1S/C24H20ClNO6/c1-31-16-9-7-14(8-10-16)24-19(13-5-3-2-4-6-13)18(22(28)29)21(27)23(24,30)20-17(32-24)11-15(25)12-26-20/h2-12,18-19,21,27,30H,1H3,(H,28,29). The summed E-state index contributed by atoms with van der Waals surface area (Å²) < 4.78 is 11.7. The minimum Gasteiger partial charge on any atom is -0.497 e. The van der Waals surface area contributed by atoms with E-state index < -0.39 is 35.1 Å². The number of aliphatic hydroxyl groups is 2. The van der Waals surface area contributed by atoms with Crippen molar-refractivity contribution >= 4 is 17.6 Å². The van der Waals surface area contributed by atoms with E-state index >= 15 is 0 Å². The van der Waals surface area contributed by atoms with Gasteiger partial charge in [-0.2, -0.15) is 0 Å². The number of nitrogens with zero attached hydrogens (tertiary/aromatic N) is 1. The van der Waals surface area contributed by atoms with Crippen LogP contribution in [0.25, 0.3) is 0 Å². The van der Waals surface area contributed by atoms with Gasteiger partial charge in [-0.15, -0.1) is 0 Å². The predicted molar refractivity (Wildman–Crippen MR) is 115 cm³/mol. The van der Waals surface area contributed by atoms with Crippen LogP contribution in [0.15, 0.2) is 66.9 Å². The van der Waals surface area contributed by atoms with Gasteiger partial charge in [0.1, 0.15) is 23.3 Å². The van der Waals surface area contributed by atoms with Crippen molar-refractivity contribution in [3.63, 3.8) is 0 Å². The Morgan fingerprint density at radius 1 is 1.16 bits per heavy atom. The maximum absolute atomic E-state index is 12.4. The number of benzene rings is 2. The first-order chi connectivity index (χ1) is 15.3. The number of aliphatic hydroxyl groups excluding tert-OH is 1. The molecule has 5 rings (SSSR count). The summed E-state index contributed by atoms with van der Waals surface area (Å²) in [6, 6.07) is 17.2. The Kier molecular flexibility index (Phi) is 4.67. The van der Waals surface area contributed by atoms with Gasteiger partial charge in [0, 0.05) is 18.2 Å². The Morgan fingerprint density at radius 3 is 2.47 bits per heavy atom. The van der Waals surface area contributed by atoms with Crippen LogP contribution in [0, 0.1) is 5.92 Å². The van der Waals surface area contributed by atoms with E-state index in [9.17, 15) is 20.1 Å². The van der Waals surface area contributed by atoms with Gasteiger partial charge < -0.3 is 24.8 Å². The minimum absolute atomic E-state index is 0.0508. The van der Waals surface area contributed by atoms with Crippen LogP contribution in [-0.2, 0) is 16.0 Å². The topological polar surface area (TPSA) is 109 Å². The zero-order chi connectivity index (χ0) is 22.7. The van der Waals surface area contributed by atoms with Crippen LogP contribution in [-0.4, -0.2) is 39.5 Å². The molecule has 32 heavy (non-hydrogen) atoms. The number of aliphatic carboxylic acids is 1. The summed E-state index contributed by atoms with van der Waals surface area (Å²) in [5, 5.41) is 33.9. The summed E-state index contributed by atoms with van der Waals surface area (Å²) in [6.45, 7) is 0. The molecule has 1 saturated carbocycles. The number of ether oxygens (including phenoxy) is 2. The molecule has 0 saturated heterocycles. The molecule has 2 aliphatic rings. The van der Waals surface area contributed by atoms with Crippen LogP contribution >= 0.6 is 11.6 Å². The number of pyridine rings is 1. The van der Waals surface area contributed by atoms with Gasteiger partial charge >= 0.3 is 5.97 Å². The van der Waals surface area contributed by atoms with Crippen LogP contribution in [0.3, 0.4) is 0 Å². The number of carboxylic acid groups (broad SMARTS) is 1. The van der Waals surface area contributed by atoms with Crippen LogP contribution in [0.1, 0.15) is 22.7 Å². The average molecular weight is 454 g/mol. The molecule has 1 aliphatic heterocycles. The second-order valence-electron chi connectivity index (χ2n) is 8.03. The Hall–Kier alpha value is -3.13. The summed E-state index contributed by atoms with van der Waals surface area (Å²) in [4.78, 5) is 16.7. The zero-order valence-corrected chi connectivity index (χ0v) is 17.7. The number of carbonyl (C=O) groups is 1. The molecule has 2 heterocycles. The molecular weight excluding hydrogens is 434 g/mol. The maximum Gasteiger partial charge on any atom is 0.310 e. The summed E-state index contributed by atoms with van der Waals surface area (Å²) in [6.07, 6.45) is -0.369. The summed E-state index contributed by atoms with van der Waals surface area (Å²) in [5.74, 6) is -2.78. The molecule has 1 aromatic heterocycles. The van der Waals surface area contributed by atoms with E-state index in [0.29, 0.717) is 16.9 Å². The van der Waals surface area contributed by atoms with Gasteiger partial charge in [-0.05, 0) is 23.3 Å². The van der Waals surface area contributed by atoms with Crippen molar-refractivity contribution in [2.24, 2.45) is 5.92 Å². The molecule has 0 amide bonds. The number of fused-ring (bicyclic) bond motifs is 3. The van der Waals surface area contributed by atoms with Crippen LogP contribution in [0.4, 0.5) is 0 Å². The van der Waals surface area contributed by atoms with Crippen LogP contribution in [0.5, 0.6) is 11.5 Å². The quantitative estimate of drug-likeness (QED) is 0.557. The summed E-state index contributed by atoms with van der Waals surface area (Å²) in [5.41, 5.74) is -2.69. The van der Waals surface area contributed by atoms with Gasteiger partial charge in [0.25, 0.3) is 0 Å². The molecule has 5 atom stereocenters. The number of rotatable bonds is 4. The Bertz CT molecular complexity index is 1190. The number of hydrogen-bond donors (Lipinski definition) is 3. The lowest BCUT2D eigenvalue weighted by Crippen LogP contribution is -2.52. The van der Waals surface area contributed by atoms with Gasteiger partial charge in [-0.25, -0.2) is 0 Å². The predicted octanol–water partition coefficient (Wildman–Crippen LogP) is 3.08. The highest BCUT2D eigenvalue weighted by Crippen LogP contribution is 2.68. The molecule has 0 spiro atoms. The third-order valence-corrected chi connectivity index (χ3v) is 6.75. The number of halogens is 1. The number of methoxy groups -OCH3 is 1. The zero-order valence-electron chi connectivity index (χ0n) is 17.0. The SMILES string of the molecule is COc1ccc(C23Oc4cc(Cl)cnc4C2(O)C(O)C(C(=O)O)C3c2ccccc2)cc1. The summed E-state index contributed by atoms with van der Waals surface area (Å²) in [7, 11) is 1.53. The van der Waals surface area contributed by atoms with Crippen molar-refractivity contribution < 1.29 is 29.6 Å². The first-order valence-corrected chi connectivity index (χ1v) is 10.4. The molecule has 1 aliphatic carbocycles. The average Bonchev–Trinajstić information content (AvgIpc) is 3.17. The van der Waals surface area contributed by atoms with Crippen LogP contribution < -0.4 is 9.47 Å². The monoisotopic (exact) mass is 453 g/mol. The molecule has 1 fully saturated rings. The molecule has 0 radical (unpaired) electrons. The van der Waals surface area contributed by atoms with Crippen molar-refractivity contribution in [1.29, 1.82) is 0 Å². The van der Waals surface area contributed by atoms with Gasteiger partial charge in [-0.1, -0.05) is 54.1 Å². The van der Waals surface area contributed by atoms with Crippen molar-refractivity contribution in [2.75, 3.05) is 7.11 Å². The van der Waals surface area contributed by atoms with E-state index in [2.05, 4.69) is 4.98 Å². The third-order valence-electron chi connectivity index (χ3n) is 6.55. The molecule has 3 aromatic rings. The Labute approximate surface area is 188 Å². The Morgan fingerprint density at radius 2 is 1.84 bits per heavy atom. The lowest BCUT2D eigenvalue weighted by atomic mass is 9.71. The normalized spacial score (nSPS) is 30.3. The van der Waals surface area contributed by atoms with E-state index in [1.54, 1.807) is 48.5 Å². The van der Waals surface area contributed by atoms with Crippen molar-refractivity contribution in [1.82, 2.24) is 4.98 Å². The lowest BCUT2D eigenvalue weighted by molar-refractivity contribution is -0.160. The van der Waals surface area contributed by atoms with Gasteiger partial charge in [0.15, 0.2) is 11.2 Å². The molecule has 0 bridgehead atoms. The molecule has 164 valence electrons. The van der Waals surface area contributed by atoms with Gasteiger partial charge in [-0.3, -0.25) is 9.78 Å². The molecular formula is C24H20ClNO6. The van der Waals surface area contributed by atoms with Crippen molar-refractivity contribution in [3.8, 4) is 11.5 Å². The number of hydrogen-bond acceptors (Lipinski definition) is 6. The van der Waals surface area contributed by atoms with E-state index in [1.807, 2.05) is 6.07 Å². The van der Waals surface area contributed by atoms with E-state index in [4.69, 9.17) is 21.1 Å². The first-order valence-electron chi connectivity index (χ1n) is 10.0. The lowest BCUT2D eigenvalue weighted by Gasteiger charge is -2.40. The third kappa shape index (κ3) is 2.56. The fourth-order valence-corrected chi connectivity index (χ4v) is 5.39. The van der Waals surface area contributed by atoms with Crippen molar-refractivity contribution in [2.45, 2.75) is 23.2 Å². The smallest absolute Gasteiger partial charge is 0.310 e. The fraction of sp³-hybridized carbons (Fsp3) is 0.250. The number of carboxylic acids is 1. The van der Waals surface area contributed by atoms with E-state index in [1.165, 1.54) is 19.4 Å². The molecule has 8 heteroatoms. The minimum atomic E-state index is -2.15. The van der Waals surface area contributed by atoms with Gasteiger partial charge in [0.05, 0.1) is 18.1 Å². The fourth-order valence-electron chi connectivity index (χ4n) is 5.24. The van der Waals surface area contributed by atoms with E-state index in [-0.39, 0.29) is 16.5 Å². The molecule has 3 N–H and O–H groups in total. The Balaban J connectivity index is 1.85. The van der Waals surface area contributed by atoms with Crippen molar-refractivity contribution in [3.05, 3.63) is 88.7 Å². The molecule has 2 aromatic carbocycles. The second-order valence-corrected chi connectivity index (χ2v) is 8.47. The highest BCUT2D eigenvalue weighted by molar-refractivity contribution is 6.30. The van der Waals surface area contributed by atoms with E-state index in [0.717, 1.165) is 0 Å². The highest BCUT2D eigenvalue weighted by Gasteiger charge is 2.78. The highest BCUT2D eigenvalue weighted by atomic mass is 35.5. The van der Waals surface area contributed by atoms with Gasteiger partial charge in [0.2, 0.25) is 0 Å². The largest absolute Gasteiger partial charge is 0.497 e. The van der Waals surface area contributed by atoms with Crippen LogP contribution in [0.2, 0.25) is 5.02 Å². The molecule has 7 nitrogen and oxygen atoms in total.